The zero-order valence-corrected chi connectivity index (χ0v) is 10.2. The molecule has 1 aromatic rings. The van der Waals surface area contributed by atoms with Crippen LogP contribution in [0.2, 0.25) is 0 Å². The van der Waals surface area contributed by atoms with Gasteiger partial charge in [-0.3, -0.25) is 4.79 Å². The zero-order chi connectivity index (χ0) is 12.3. The normalized spacial score (nSPS) is 18.1. The molecule has 0 saturated carbocycles. The van der Waals surface area contributed by atoms with Gasteiger partial charge in [-0.2, -0.15) is 0 Å². The van der Waals surface area contributed by atoms with E-state index in [0.717, 1.165) is 0 Å². The van der Waals surface area contributed by atoms with Gasteiger partial charge in [0.2, 0.25) is 0 Å². The number of hydrogen-bond donors (Lipinski definition) is 0. The quantitative estimate of drug-likeness (QED) is 0.799. The van der Waals surface area contributed by atoms with Gasteiger partial charge in [-0.15, -0.1) is 0 Å². The molecule has 1 fully saturated rings. The Morgan fingerprint density at radius 2 is 2.12 bits per heavy atom. The lowest BCUT2D eigenvalue weighted by Crippen LogP contribution is -2.46. The van der Waals surface area contributed by atoms with Crippen molar-refractivity contribution >= 4 is 5.91 Å². The molecule has 0 unspecified atom stereocenters. The first-order valence-electron chi connectivity index (χ1n) is 5.66. The minimum absolute atomic E-state index is 0.0450. The zero-order valence-electron chi connectivity index (χ0n) is 10.2. The highest BCUT2D eigenvalue weighted by Gasteiger charge is 2.36. The number of amides is 1. The van der Waals surface area contributed by atoms with Gasteiger partial charge in [0, 0.05) is 0 Å². The average molecular weight is 235 g/mol. The number of benzene rings is 1. The number of hydrogen-bond acceptors (Lipinski definition) is 3. The maximum absolute atomic E-state index is 12.0. The highest BCUT2D eigenvalue weighted by Crippen LogP contribution is 2.21. The third-order valence-electron chi connectivity index (χ3n) is 2.81. The monoisotopic (exact) mass is 235 g/mol. The van der Waals surface area contributed by atoms with Crippen molar-refractivity contribution in [3.8, 4) is 5.75 Å². The van der Waals surface area contributed by atoms with E-state index in [4.69, 9.17) is 9.47 Å². The first-order valence-corrected chi connectivity index (χ1v) is 5.66. The molecular formula is C13H17NO3. The summed E-state index contributed by atoms with van der Waals surface area (Å²) in [6.07, 6.45) is 0. The molecule has 1 aromatic carbocycles. The van der Waals surface area contributed by atoms with Crippen molar-refractivity contribution < 1.29 is 14.3 Å². The first-order chi connectivity index (χ1) is 8.09. The molecule has 1 aliphatic heterocycles. The third kappa shape index (κ3) is 2.77. The highest BCUT2D eigenvalue weighted by molar-refractivity contribution is 5.78. The van der Waals surface area contributed by atoms with Crippen LogP contribution < -0.4 is 4.74 Å². The first kappa shape index (κ1) is 11.9. The second-order valence-corrected chi connectivity index (χ2v) is 4.71. The van der Waals surface area contributed by atoms with Crippen molar-refractivity contribution in [3.63, 3.8) is 0 Å². The maximum Gasteiger partial charge on any atom is 0.262 e. The molecule has 0 atom stereocenters. The molecular weight excluding hydrogens is 218 g/mol. The molecule has 0 spiro atoms. The van der Waals surface area contributed by atoms with Crippen LogP contribution in [0.15, 0.2) is 30.3 Å². The maximum atomic E-state index is 12.0. The Labute approximate surface area is 101 Å². The molecule has 2 rings (SSSR count). The summed E-state index contributed by atoms with van der Waals surface area (Å²) in [7, 11) is 0. The summed E-state index contributed by atoms with van der Waals surface area (Å²) in [5.74, 6) is 0.662. The minimum Gasteiger partial charge on any atom is -0.484 e. The number of para-hydroxylation sites is 1. The number of carbonyl (C=O) groups is 1. The molecule has 0 aromatic heterocycles. The van der Waals surface area contributed by atoms with Crippen LogP contribution in [0.25, 0.3) is 0 Å². The predicted octanol–water partition coefficient (Wildman–Crippen LogP) is 1.66. The summed E-state index contributed by atoms with van der Waals surface area (Å²) >= 11 is 0. The molecule has 17 heavy (non-hydrogen) atoms. The van der Waals surface area contributed by atoms with Gasteiger partial charge in [-0.05, 0) is 26.0 Å². The van der Waals surface area contributed by atoms with Crippen molar-refractivity contribution in [3.05, 3.63) is 30.3 Å². The molecule has 0 radical (unpaired) electrons. The Hall–Kier alpha value is -1.55. The summed E-state index contributed by atoms with van der Waals surface area (Å²) in [6, 6.07) is 9.33. The van der Waals surface area contributed by atoms with E-state index in [0.29, 0.717) is 19.1 Å². The van der Waals surface area contributed by atoms with E-state index in [1.165, 1.54) is 0 Å². The van der Waals surface area contributed by atoms with E-state index >= 15 is 0 Å². The van der Waals surface area contributed by atoms with Crippen LogP contribution >= 0.6 is 0 Å². The smallest absolute Gasteiger partial charge is 0.262 e. The van der Waals surface area contributed by atoms with Crippen molar-refractivity contribution in [1.82, 2.24) is 4.90 Å². The number of ether oxygens (including phenoxy) is 2. The fourth-order valence-corrected chi connectivity index (χ4v) is 1.79. The Morgan fingerprint density at radius 1 is 1.41 bits per heavy atom. The van der Waals surface area contributed by atoms with Crippen molar-refractivity contribution in [2.45, 2.75) is 19.4 Å². The summed E-state index contributed by atoms with van der Waals surface area (Å²) in [4.78, 5) is 13.7. The van der Waals surface area contributed by atoms with Gasteiger partial charge in [0.05, 0.1) is 12.1 Å². The minimum atomic E-state index is -0.239. The average Bonchev–Trinajstić information content (AvgIpc) is 2.67. The summed E-state index contributed by atoms with van der Waals surface area (Å²) in [5.41, 5.74) is -0.239. The van der Waals surface area contributed by atoms with E-state index in [2.05, 4.69) is 0 Å². The van der Waals surface area contributed by atoms with Gasteiger partial charge >= 0.3 is 0 Å². The van der Waals surface area contributed by atoms with Crippen molar-refractivity contribution in [2.75, 3.05) is 19.9 Å². The Balaban J connectivity index is 1.90. The van der Waals surface area contributed by atoms with Gasteiger partial charge < -0.3 is 14.4 Å². The summed E-state index contributed by atoms with van der Waals surface area (Å²) in [5, 5.41) is 0. The molecule has 0 bridgehead atoms. The SMILES string of the molecule is CC1(C)COCN1C(=O)COc1ccccc1. The Kier molecular flexibility index (Phi) is 3.33. The summed E-state index contributed by atoms with van der Waals surface area (Å²) < 4.78 is 10.7. The molecule has 0 aliphatic carbocycles. The molecule has 4 nitrogen and oxygen atoms in total. The highest BCUT2D eigenvalue weighted by atomic mass is 16.5. The van der Waals surface area contributed by atoms with Crippen molar-refractivity contribution in [1.29, 1.82) is 0 Å². The van der Waals surface area contributed by atoms with Crippen molar-refractivity contribution in [2.24, 2.45) is 0 Å². The van der Waals surface area contributed by atoms with Gasteiger partial charge in [-0.1, -0.05) is 18.2 Å². The van der Waals surface area contributed by atoms with Crippen LogP contribution in [-0.2, 0) is 9.53 Å². The van der Waals surface area contributed by atoms with E-state index in [-0.39, 0.29) is 18.1 Å². The van der Waals surface area contributed by atoms with E-state index < -0.39 is 0 Å². The van der Waals surface area contributed by atoms with Crippen LogP contribution in [0.5, 0.6) is 5.75 Å². The van der Waals surface area contributed by atoms with Crippen LogP contribution in [0.1, 0.15) is 13.8 Å². The molecule has 1 amide bonds. The van der Waals surface area contributed by atoms with Gasteiger partial charge in [-0.25, -0.2) is 0 Å². The van der Waals surface area contributed by atoms with E-state index in [1.807, 2.05) is 44.2 Å². The molecule has 92 valence electrons. The number of carbonyl (C=O) groups excluding carboxylic acids is 1. The predicted molar refractivity (Wildman–Crippen MR) is 63.7 cm³/mol. The third-order valence-corrected chi connectivity index (χ3v) is 2.81. The fraction of sp³-hybridized carbons (Fsp3) is 0.462. The molecule has 0 N–H and O–H groups in total. The summed E-state index contributed by atoms with van der Waals surface area (Å²) in [6.45, 7) is 4.95. The largest absolute Gasteiger partial charge is 0.484 e. The second kappa shape index (κ2) is 4.75. The fourth-order valence-electron chi connectivity index (χ4n) is 1.79. The van der Waals surface area contributed by atoms with Crippen LogP contribution in [0, 0.1) is 0 Å². The van der Waals surface area contributed by atoms with Gasteiger partial charge in [0.15, 0.2) is 6.61 Å². The lowest BCUT2D eigenvalue weighted by Gasteiger charge is -2.28. The van der Waals surface area contributed by atoms with Crippen LogP contribution in [0.4, 0.5) is 0 Å². The molecule has 1 saturated heterocycles. The number of rotatable bonds is 3. The van der Waals surface area contributed by atoms with Crippen LogP contribution in [0.3, 0.4) is 0 Å². The molecule has 1 heterocycles. The van der Waals surface area contributed by atoms with E-state index in [1.54, 1.807) is 4.90 Å². The van der Waals surface area contributed by atoms with Gasteiger partial charge in [0.25, 0.3) is 5.91 Å². The van der Waals surface area contributed by atoms with Gasteiger partial charge in [0.1, 0.15) is 12.5 Å². The number of nitrogens with zero attached hydrogens (tertiary/aromatic N) is 1. The van der Waals surface area contributed by atoms with E-state index in [9.17, 15) is 4.79 Å². The Morgan fingerprint density at radius 3 is 2.71 bits per heavy atom. The van der Waals surface area contributed by atoms with Crippen LogP contribution in [-0.4, -0.2) is 36.3 Å². The standard InChI is InChI=1S/C13H17NO3/c1-13(2)9-16-10-14(13)12(15)8-17-11-6-4-3-5-7-11/h3-7H,8-10H2,1-2H3. The molecule has 4 heteroatoms. The topological polar surface area (TPSA) is 38.8 Å². The second-order valence-electron chi connectivity index (χ2n) is 4.71. The molecule has 1 aliphatic rings. The lowest BCUT2D eigenvalue weighted by atomic mass is 10.1. The Bertz CT molecular complexity index is 389. The lowest BCUT2D eigenvalue weighted by molar-refractivity contribution is -0.137.